The molecule has 0 fully saturated rings. The fraction of sp³-hybridized carbons (Fsp3) is 0.227. The number of aromatic nitrogens is 2. The topological polar surface area (TPSA) is 96.4 Å². The van der Waals surface area contributed by atoms with Crippen LogP contribution in [0.5, 0.6) is 5.75 Å². The van der Waals surface area contributed by atoms with Gasteiger partial charge in [0.25, 0.3) is 5.91 Å². The predicted octanol–water partition coefficient (Wildman–Crippen LogP) is 3.17. The van der Waals surface area contributed by atoms with Gasteiger partial charge in [-0.3, -0.25) is 15.2 Å². The van der Waals surface area contributed by atoms with Crippen molar-refractivity contribution in [1.29, 1.82) is 0 Å². The summed E-state index contributed by atoms with van der Waals surface area (Å²) < 4.78 is 19.4. The normalized spacial score (nSPS) is 11.7. The molecule has 0 radical (unpaired) electrons. The number of benzene rings is 2. The highest BCUT2D eigenvalue weighted by Gasteiger charge is 2.11. The maximum atomic E-state index is 13.9. The molecule has 156 valence electrons. The van der Waals surface area contributed by atoms with Crippen molar-refractivity contribution >= 4 is 5.91 Å². The minimum atomic E-state index is -0.709. The Hall–Kier alpha value is -3.36. The molecular formula is C22H23FN4O3. The molecule has 0 aliphatic heterocycles. The van der Waals surface area contributed by atoms with Gasteiger partial charge in [0.1, 0.15) is 17.3 Å². The van der Waals surface area contributed by atoms with Gasteiger partial charge in [-0.15, -0.1) is 0 Å². The van der Waals surface area contributed by atoms with Gasteiger partial charge in [-0.1, -0.05) is 6.07 Å². The van der Waals surface area contributed by atoms with E-state index in [9.17, 15) is 14.3 Å². The number of nitrogens with zero attached hydrogens (tertiary/aromatic N) is 2. The average Bonchev–Trinajstić information content (AvgIpc) is 2.75. The Morgan fingerprint density at radius 1 is 1.20 bits per heavy atom. The number of carbonyl (C=O) groups excluding carboxylic acids is 1. The lowest BCUT2D eigenvalue weighted by Crippen LogP contribution is -2.37. The van der Waals surface area contributed by atoms with Gasteiger partial charge in [0, 0.05) is 17.7 Å². The molecule has 1 amide bonds. The van der Waals surface area contributed by atoms with Crippen LogP contribution in [0, 0.1) is 5.82 Å². The molecule has 0 saturated carbocycles. The van der Waals surface area contributed by atoms with E-state index in [0.29, 0.717) is 23.4 Å². The van der Waals surface area contributed by atoms with Crippen molar-refractivity contribution in [1.82, 2.24) is 20.8 Å². The largest absolute Gasteiger partial charge is 0.494 e. The molecule has 2 aromatic carbocycles. The van der Waals surface area contributed by atoms with Crippen LogP contribution in [0.4, 0.5) is 4.39 Å². The standard InChI is InChI=1S/C22H23FN4O3/c1-3-30-18-7-4-15(5-8-18)20-12-24-13-21(26-20)22(29)27-25-11-17-10-16(14(2)28)6-9-19(17)23/h4-10,12-14,25,28H,3,11H2,1-2H3,(H,27,29). The Balaban J connectivity index is 1.64. The molecule has 0 spiro atoms. The molecule has 0 aliphatic carbocycles. The summed E-state index contributed by atoms with van der Waals surface area (Å²) in [6, 6.07) is 11.7. The average molecular weight is 410 g/mol. The molecule has 3 aromatic rings. The molecule has 3 rings (SSSR count). The molecule has 1 unspecified atom stereocenters. The smallest absolute Gasteiger partial charge is 0.285 e. The van der Waals surface area contributed by atoms with Gasteiger partial charge in [-0.25, -0.2) is 14.8 Å². The zero-order valence-corrected chi connectivity index (χ0v) is 16.7. The van der Waals surface area contributed by atoms with E-state index in [4.69, 9.17) is 4.74 Å². The van der Waals surface area contributed by atoms with Gasteiger partial charge < -0.3 is 9.84 Å². The van der Waals surface area contributed by atoms with Crippen molar-refractivity contribution in [2.24, 2.45) is 0 Å². The Bertz CT molecular complexity index is 1010. The first-order chi connectivity index (χ1) is 14.5. The molecule has 30 heavy (non-hydrogen) atoms. The number of ether oxygens (including phenoxy) is 1. The summed E-state index contributed by atoms with van der Waals surface area (Å²) in [5, 5.41) is 9.63. The Labute approximate surface area is 173 Å². The maximum absolute atomic E-state index is 13.9. The second-order valence-electron chi connectivity index (χ2n) is 6.58. The van der Waals surface area contributed by atoms with Crippen LogP contribution in [0.25, 0.3) is 11.3 Å². The molecule has 8 heteroatoms. The summed E-state index contributed by atoms with van der Waals surface area (Å²) in [5.41, 5.74) is 7.54. The maximum Gasteiger partial charge on any atom is 0.285 e. The summed E-state index contributed by atoms with van der Waals surface area (Å²) in [4.78, 5) is 20.8. The fourth-order valence-electron chi connectivity index (χ4n) is 2.78. The number of carbonyl (C=O) groups is 1. The van der Waals surface area contributed by atoms with Gasteiger partial charge in [-0.05, 0) is 55.8 Å². The number of aliphatic hydroxyl groups is 1. The van der Waals surface area contributed by atoms with Crippen LogP contribution in [0.2, 0.25) is 0 Å². The molecule has 3 N–H and O–H groups in total. The van der Waals surface area contributed by atoms with E-state index >= 15 is 0 Å². The highest BCUT2D eigenvalue weighted by molar-refractivity contribution is 5.92. The van der Waals surface area contributed by atoms with Gasteiger partial charge in [-0.2, -0.15) is 0 Å². The molecule has 7 nitrogen and oxygen atoms in total. The number of hydrazine groups is 1. The van der Waals surface area contributed by atoms with Crippen molar-refractivity contribution < 1.29 is 19.0 Å². The van der Waals surface area contributed by atoms with E-state index in [-0.39, 0.29) is 12.2 Å². The van der Waals surface area contributed by atoms with Crippen LogP contribution >= 0.6 is 0 Å². The second-order valence-corrected chi connectivity index (χ2v) is 6.58. The van der Waals surface area contributed by atoms with Crippen LogP contribution in [0.3, 0.4) is 0 Å². The van der Waals surface area contributed by atoms with Crippen LogP contribution in [0.1, 0.15) is 41.6 Å². The first-order valence-electron chi connectivity index (χ1n) is 9.52. The van der Waals surface area contributed by atoms with Crippen LogP contribution < -0.4 is 15.6 Å². The quantitative estimate of drug-likeness (QED) is 0.494. The molecule has 1 aromatic heterocycles. The zero-order chi connectivity index (χ0) is 21.5. The first-order valence-corrected chi connectivity index (χ1v) is 9.52. The van der Waals surface area contributed by atoms with Crippen LogP contribution in [-0.2, 0) is 6.54 Å². The van der Waals surface area contributed by atoms with E-state index in [2.05, 4.69) is 20.8 Å². The van der Waals surface area contributed by atoms with E-state index in [1.165, 1.54) is 18.3 Å². The Morgan fingerprint density at radius 2 is 1.97 bits per heavy atom. The number of rotatable bonds is 8. The Kier molecular flexibility index (Phi) is 7.05. The van der Waals surface area contributed by atoms with E-state index in [1.807, 2.05) is 31.2 Å². The fourth-order valence-corrected chi connectivity index (χ4v) is 2.78. The van der Waals surface area contributed by atoms with Crippen molar-refractivity contribution in [2.75, 3.05) is 6.61 Å². The molecule has 1 heterocycles. The molecule has 1 atom stereocenters. The van der Waals surface area contributed by atoms with Crippen molar-refractivity contribution in [3.05, 3.63) is 77.5 Å². The summed E-state index contributed by atoms with van der Waals surface area (Å²) >= 11 is 0. The summed E-state index contributed by atoms with van der Waals surface area (Å²) in [6.07, 6.45) is 2.21. The summed E-state index contributed by atoms with van der Waals surface area (Å²) in [7, 11) is 0. The monoisotopic (exact) mass is 410 g/mol. The van der Waals surface area contributed by atoms with Crippen molar-refractivity contribution in [3.63, 3.8) is 0 Å². The number of hydrogen-bond acceptors (Lipinski definition) is 6. The minimum absolute atomic E-state index is 0.0458. The van der Waals surface area contributed by atoms with E-state index < -0.39 is 17.8 Å². The van der Waals surface area contributed by atoms with Crippen molar-refractivity contribution in [2.45, 2.75) is 26.5 Å². The van der Waals surface area contributed by atoms with Gasteiger partial charge >= 0.3 is 0 Å². The van der Waals surface area contributed by atoms with Gasteiger partial charge in [0.05, 0.1) is 30.8 Å². The van der Waals surface area contributed by atoms with Gasteiger partial charge in [0.2, 0.25) is 0 Å². The first kappa shape index (κ1) is 21.4. The highest BCUT2D eigenvalue weighted by Crippen LogP contribution is 2.20. The lowest BCUT2D eigenvalue weighted by Gasteiger charge is -2.11. The number of nitrogens with one attached hydrogen (secondary N) is 2. The molecule has 0 bridgehead atoms. The zero-order valence-electron chi connectivity index (χ0n) is 16.7. The number of hydrogen-bond donors (Lipinski definition) is 3. The number of aliphatic hydroxyl groups excluding tert-OH is 1. The predicted molar refractivity (Wildman–Crippen MR) is 110 cm³/mol. The van der Waals surface area contributed by atoms with Gasteiger partial charge in [0.15, 0.2) is 0 Å². The number of amides is 1. The highest BCUT2D eigenvalue weighted by atomic mass is 19.1. The Morgan fingerprint density at radius 3 is 2.67 bits per heavy atom. The van der Waals surface area contributed by atoms with Crippen molar-refractivity contribution in [3.8, 4) is 17.0 Å². The lowest BCUT2D eigenvalue weighted by atomic mass is 10.1. The lowest BCUT2D eigenvalue weighted by molar-refractivity contribution is 0.0926. The third-order valence-electron chi connectivity index (χ3n) is 4.36. The molecule has 0 saturated heterocycles. The second kappa shape index (κ2) is 9.91. The molecule has 0 aliphatic rings. The number of halogens is 1. The summed E-state index contributed by atoms with van der Waals surface area (Å²) in [5.74, 6) is -0.181. The molecular weight excluding hydrogens is 387 g/mol. The SMILES string of the molecule is CCOc1ccc(-c2cncc(C(=O)NNCc3cc(C(C)O)ccc3F)n2)cc1. The third-order valence-corrected chi connectivity index (χ3v) is 4.36. The third kappa shape index (κ3) is 5.37. The summed E-state index contributed by atoms with van der Waals surface area (Å²) in [6.45, 7) is 4.13. The minimum Gasteiger partial charge on any atom is -0.494 e. The van der Waals surface area contributed by atoms with Crippen LogP contribution in [-0.4, -0.2) is 27.6 Å². The van der Waals surface area contributed by atoms with Crippen LogP contribution in [0.15, 0.2) is 54.9 Å². The van der Waals surface area contributed by atoms with E-state index in [1.54, 1.807) is 19.2 Å². The van der Waals surface area contributed by atoms with E-state index in [0.717, 1.165) is 11.3 Å².